The van der Waals surface area contributed by atoms with Crippen LogP contribution in [0, 0.1) is 6.92 Å². The summed E-state index contributed by atoms with van der Waals surface area (Å²) in [5.41, 5.74) is 7.43. The molecule has 1 aromatic heterocycles. The number of methoxy groups -OCH3 is 2. The minimum absolute atomic E-state index is 0.286. The number of carbonyl (C=O) groups excluding carboxylic acids is 1. The number of aromatic nitrogens is 1. The van der Waals surface area contributed by atoms with E-state index < -0.39 is 0 Å². The molecule has 0 saturated carbocycles. The van der Waals surface area contributed by atoms with Crippen LogP contribution in [0.2, 0.25) is 0 Å². The first-order chi connectivity index (χ1) is 13.0. The van der Waals surface area contributed by atoms with Crippen molar-refractivity contribution in [3.8, 4) is 23.0 Å². The third-order valence-corrected chi connectivity index (χ3v) is 4.59. The van der Waals surface area contributed by atoms with Crippen LogP contribution >= 0.6 is 11.3 Å². The summed E-state index contributed by atoms with van der Waals surface area (Å²) < 4.78 is 16.6. The fraction of sp³-hybridized carbons (Fsp3) is 0.158. The van der Waals surface area contributed by atoms with Gasteiger partial charge in [-0.1, -0.05) is 6.07 Å². The van der Waals surface area contributed by atoms with Gasteiger partial charge in [0.15, 0.2) is 16.6 Å². The van der Waals surface area contributed by atoms with E-state index in [1.165, 1.54) is 11.3 Å². The Morgan fingerprint density at radius 3 is 2.44 bits per heavy atom. The third kappa shape index (κ3) is 4.12. The van der Waals surface area contributed by atoms with Gasteiger partial charge in [0.05, 0.1) is 25.5 Å². The van der Waals surface area contributed by atoms with Gasteiger partial charge in [-0.05, 0) is 37.3 Å². The van der Waals surface area contributed by atoms with Crippen molar-refractivity contribution in [3.05, 3.63) is 53.0 Å². The maximum Gasteiger partial charge on any atom is 0.259 e. The molecule has 0 aliphatic carbocycles. The van der Waals surface area contributed by atoms with Crippen LogP contribution in [0.1, 0.15) is 16.1 Å². The number of nitrogens with one attached hydrogen (secondary N) is 1. The molecular formula is C19H19N3O4S. The lowest BCUT2D eigenvalue weighted by Gasteiger charge is -2.15. The molecule has 0 unspecified atom stereocenters. The molecule has 0 aliphatic rings. The topological polar surface area (TPSA) is 95.7 Å². The molecule has 0 spiro atoms. The molecular weight excluding hydrogens is 366 g/mol. The number of thiazole rings is 1. The number of ether oxygens (including phenoxy) is 3. The summed E-state index contributed by atoms with van der Waals surface area (Å²) >= 11 is 1.35. The van der Waals surface area contributed by atoms with Gasteiger partial charge in [-0.3, -0.25) is 10.1 Å². The number of benzene rings is 2. The average Bonchev–Trinajstić information content (AvgIpc) is 3.07. The summed E-state index contributed by atoms with van der Waals surface area (Å²) in [7, 11) is 3.08. The number of nitrogen functional groups attached to an aromatic ring is 1. The first kappa shape index (κ1) is 18.5. The highest BCUT2D eigenvalue weighted by Gasteiger charge is 2.16. The Balaban J connectivity index is 1.89. The summed E-state index contributed by atoms with van der Waals surface area (Å²) in [4.78, 5) is 16.8. The van der Waals surface area contributed by atoms with E-state index in [9.17, 15) is 4.79 Å². The Morgan fingerprint density at radius 2 is 1.85 bits per heavy atom. The van der Waals surface area contributed by atoms with Crippen molar-refractivity contribution in [2.75, 3.05) is 25.3 Å². The molecule has 140 valence electrons. The summed E-state index contributed by atoms with van der Waals surface area (Å²) in [5.74, 6) is 1.49. The van der Waals surface area contributed by atoms with Crippen LogP contribution in [0.25, 0.3) is 0 Å². The Kier molecular flexibility index (Phi) is 5.46. The van der Waals surface area contributed by atoms with Crippen LogP contribution in [-0.4, -0.2) is 25.1 Å². The average molecular weight is 385 g/mol. The molecule has 0 radical (unpaired) electrons. The fourth-order valence-electron chi connectivity index (χ4n) is 2.41. The van der Waals surface area contributed by atoms with E-state index in [1.54, 1.807) is 50.6 Å². The van der Waals surface area contributed by atoms with Crippen molar-refractivity contribution in [2.45, 2.75) is 6.92 Å². The molecule has 0 bridgehead atoms. The van der Waals surface area contributed by atoms with Gasteiger partial charge < -0.3 is 19.9 Å². The number of rotatable bonds is 6. The second-order valence-corrected chi connectivity index (χ2v) is 6.45. The highest BCUT2D eigenvalue weighted by atomic mass is 32.1. The molecule has 1 heterocycles. The normalized spacial score (nSPS) is 10.3. The second kappa shape index (κ2) is 7.96. The monoisotopic (exact) mass is 385 g/mol. The van der Waals surface area contributed by atoms with Crippen LogP contribution in [0.5, 0.6) is 23.0 Å². The molecule has 3 aromatic rings. The Labute approximate surface area is 160 Å². The molecule has 27 heavy (non-hydrogen) atoms. The van der Waals surface area contributed by atoms with Crippen molar-refractivity contribution in [2.24, 2.45) is 0 Å². The van der Waals surface area contributed by atoms with Crippen molar-refractivity contribution in [1.82, 2.24) is 4.98 Å². The van der Waals surface area contributed by atoms with Gasteiger partial charge in [0, 0.05) is 11.1 Å². The number of aryl methyl sites for hydroxylation is 1. The minimum atomic E-state index is -0.362. The van der Waals surface area contributed by atoms with Gasteiger partial charge in [0.25, 0.3) is 5.91 Å². The Bertz CT molecular complexity index is 949. The van der Waals surface area contributed by atoms with E-state index in [4.69, 9.17) is 19.9 Å². The molecule has 3 rings (SSSR count). The number of hydrogen-bond donors (Lipinski definition) is 2. The number of carbonyl (C=O) groups is 1. The number of nitrogens with zero attached hydrogens (tertiary/aromatic N) is 1. The molecule has 1 amide bonds. The molecule has 7 nitrogen and oxygen atoms in total. The largest absolute Gasteiger partial charge is 0.493 e. The molecule has 0 aliphatic heterocycles. The van der Waals surface area contributed by atoms with Gasteiger partial charge in [0.2, 0.25) is 5.75 Å². The van der Waals surface area contributed by atoms with Crippen molar-refractivity contribution < 1.29 is 19.0 Å². The Hall–Kier alpha value is -3.26. The summed E-state index contributed by atoms with van der Waals surface area (Å²) in [6.07, 6.45) is 0. The van der Waals surface area contributed by atoms with Gasteiger partial charge in [-0.25, -0.2) is 4.98 Å². The zero-order chi connectivity index (χ0) is 19.4. The lowest BCUT2D eigenvalue weighted by atomic mass is 10.1. The lowest BCUT2D eigenvalue weighted by Crippen LogP contribution is -2.14. The predicted octanol–water partition coefficient (Wildman–Crippen LogP) is 4.10. The van der Waals surface area contributed by atoms with E-state index in [0.29, 0.717) is 33.8 Å². The quantitative estimate of drug-likeness (QED) is 0.620. The van der Waals surface area contributed by atoms with Crippen molar-refractivity contribution >= 4 is 28.1 Å². The van der Waals surface area contributed by atoms with Crippen LogP contribution in [-0.2, 0) is 0 Å². The Morgan fingerprint density at radius 1 is 1.15 bits per heavy atom. The number of nitrogens with two attached hydrogens (primary N) is 1. The fourth-order valence-corrected chi connectivity index (χ4v) is 3.09. The summed E-state index contributed by atoms with van der Waals surface area (Å²) in [6, 6.07) is 10.2. The SMILES string of the molecule is COc1cccc(OC)c1Oc1ccc(N)c(C(=O)Nc2nc(C)cs2)c1. The summed E-state index contributed by atoms with van der Waals surface area (Å²) in [5, 5.41) is 5.10. The number of para-hydroxylation sites is 1. The van der Waals surface area contributed by atoms with E-state index in [-0.39, 0.29) is 11.5 Å². The molecule has 0 fully saturated rings. The molecule has 0 saturated heterocycles. The van der Waals surface area contributed by atoms with Crippen molar-refractivity contribution in [3.63, 3.8) is 0 Å². The second-order valence-electron chi connectivity index (χ2n) is 5.59. The third-order valence-electron chi connectivity index (χ3n) is 3.71. The highest BCUT2D eigenvalue weighted by molar-refractivity contribution is 7.13. The maximum absolute atomic E-state index is 12.6. The first-order valence-corrected chi connectivity index (χ1v) is 8.91. The highest BCUT2D eigenvalue weighted by Crippen LogP contribution is 2.40. The van der Waals surface area contributed by atoms with E-state index in [0.717, 1.165) is 5.69 Å². The molecule has 2 aromatic carbocycles. The number of anilines is 2. The van der Waals surface area contributed by atoms with Crippen LogP contribution < -0.4 is 25.3 Å². The van der Waals surface area contributed by atoms with Gasteiger partial charge in [-0.2, -0.15) is 0 Å². The number of amides is 1. The van der Waals surface area contributed by atoms with Gasteiger partial charge in [-0.15, -0.1) is 11.3 Å². The minimum Gasteiger partial charge on any atom is -0.493 e. The predicted molar refractivity (Wildman–Crippen MR) is 105 cm³/mol. The van der Waals surface area contributed by atoms with Crippen LogP contribution in [0.4, 0.5) is 10.8 Å². The van der Waals surface area contributed by atoms with Crippen molar-refractivity contribution in [1.29, 1.82) is 0 Å². The van der Waals surface area contributed by atoms with E-state index in [1.807, 2.05) is 12.3 Å². The lowest BCUT2D eigenvalue weighted by molar-refractivity contribution is 0.102. The maximum atomic E-state index is 12.6. The number of hydrogen-bond acceptors (Lipinski definition) is 7. The molecule has 3 N–H and O–H groups in total. The standard InChI is InChI=1S/C19H19N3O4S/c1-11-10-27-19(21-11)22-18(23)13-9-12(7-8-14(13)20)26-17-15(24-2)5-4-6-16(17)25-3/h4-10H,20H2,1-3H3,(H,21,22,23). The van der Waals surface area contributed by atoms with Crippen LogP contribution in [0.3, 0.4) is 0 Å². The van der Waals surface area contributed by atoms with E-state index >= 15 is 0 Å². The summed E-state index contributed by atoms with van der Waals surface area (Å²) in [6.45, 7) is 1.86. The van der Waals surface area contributed by atoms with Gasteiger partial charge >= 0.3 is 0 Å². The first-order valence-electron chi connectivity index (χ1n) is 8.03. The smallest absolute Gasteiger partial charge is 0.259 e. The zero-order valence-corrected chi connectivity index (χ0v) is 15.9. The van der Waals surface area contributed by atoms with Crippen LogP contribution in [0.15, 0.2) is 41.8 Å². The van der Waals surface area contributed by atoms with E-state index in [2.05, 4.69) is 10.3 Å². The molecule has 8 heteroatoms. The zero-order valence-electron chi connectivity index (χ0n) is 15.1. The van der Waals surface area contributed by atoms with Gasteiger partial charge in [0.1, 0.15) is 5.75 Å². The molecule has 0 atom stereocenters.